The van der Waals surface area contributed by atoms with Crippen molar-refractivity contribution in [3.63, 3.8) is 0 Å². The van der Waals surface area contributed by atoms with Crippen molar-refractivity contribution in [3.8, 4) is 0 Å². The van der Waals surface area contributed by atoms with Gasteiger partial charge in [0.1, 0.15) is 11.5 Å². The first-order chi connectivity index (χ1) is 18.3. The van der Waals surface area contributed by atoms with Gasteiger partial charge in [0.05, 0.1) is 24.1 Å². The highest BCUT2D eigenvalue weighted by molar-refractivity contribution is 7.13. The minimum atomic E-state index is -1.02. The minimum Gasteiger partial charge on any atom is -0.477 e. The van der Waals surface area contributed by atoms with Gasteiger partial charge in [-0.15, -0.1) is 11.3 Å². The number of carbonyl (C=O) groups is 3. The number of aliphatic hydroxyl groups is 1. The summed E-state index contributed by atoms with van der Waals surface area (Å²) in [5.74, 6) is -2.52. The molecule has 0 radical (unpaired) electrons. The lowest BCUT2D eigenvalue weighted by atomic mass is 9.77. The van der Waals surface area contributed by atoms with Crippen LogP contribution in [0.5, 0.6) is 0 Å². The van der Waals surface area contributed by atoms with Crippen LogP contribution < -0.4 is 5.48 Å². The number of nitrogens with one attached hydrogen (secondary N) is 1. The Morgan fingerprint density at radius 3 is 2.50 bits per heavy atom. The number of carbonyl (C=O) groups excluding carboxylic acids is 2. The zero-order chi connectivity index (χ0) is 26.8. The van der Waals surface area contributed by atoms with Crippen LogP contribution in [-0.4, -0.2) is 45.0 Å². The van der Waals surface area contributed by atoms with Gasteiger partial charge in [0.2, 0.25) is 0 Å². The van der Waals surface area contributed by atoms with Crippen molar-refractivity contribution in [1.29, 1.82) is 0 Å². The van der Waals surface area contributed by atoms with E-state index < -0.39 is 36.0 Å². The van der Waals surface area contributed by atoms with Crippen LogP contribution in [0.2, 0.25) is 5.02 Å². The number of hydrogen-bond donors (Lipinski definition) is 3. The van der Waals surface area contributed by atoms with E-state index in [0.717, 1.165) is 29.7 Å². The fourth-order valence-electron chi connectivity index (χ4n) is 5.44. The zero-order valence-electron chi connectivity index (χ0n) is 20.4. The molecule has 2 amide bonds. The summed E-state index contributed by atoms with van der Waals surface area (Å²) in [7, 11) is 0. The number of benzene rings is 2. The van der Waals surface area contributed by atoms with Gasteiger partial charge in [-0.3, -0.25) is 14.4 Å². The first kappa shape index (κ1) is 26.4. The molecule has 0 unspecified atom stereocenters. The quantitative estimate of drug-likeness (QED) is 0.357. The molecule has 4 atom stereocenters. The van der Waals surface area contributed by atoms with E-state index in [1.54, 1.807) is 59.5 Å². The van der Waals surface area contributed by atoms with Crippen molar-refractivity contribution in [2.24, 2.45) is 0 Å². The summed E-state index contributed by atoms with van der Waals surface area (Å²) in [6.07, 6.45) is 2.28. The fourth-order valence-corrected chi connectivity index (χ4v) is 6.33. The highest BCUT2D eigenvalue weighted by atomic mass is 35.5. The van der Waals surface area contributed by atoms with E-state index in [0.29, 0.717) is 33.9 Å². The second-order valence-electron chi connectivity index (χ2n) is 9.52. The third-order valence-electron chi connectivity index (χ3n) is 7.18. The van der Waals surface area contributed by atoms with Gasteiger partial charge < -0.3 is 15.1 Å². The summed E-state index contributed by atoms with van der Waals surface area (Å²) in [6, 6.07) is 16.1. The molecule has 1 aromatic heterocycles. The van der Waals surface area contributed by atoms with E-state index in [4.69, 9.17) is 21.5 Å². The topological polar surface area (TPSA) is 116 Å². The van der Waals surface area contributed by atoms with Crippen molar-refractivity contribution < 1.29 is 29.4 Å². The van der Waals surface area contributed by atoms with E-state index in [-0.39, 0.29) is 17.4 Å². The van der Waals surface area contributed by atoms with E-state index in [1.165, 1.54) is 6.07 Å². The molecule has 8 nitrogen and oxygen atoms in total. The average Bonchev–Trinajstić information content (AvgIpc) is 3.39. The molecular formula is C28H27ClN2O6S. The van der Waals surface area contributed by atoms with Gasteiger partial charge >= 0.3 is 5.97 Å². The van der Waals surface area contributed by atoms with Crippen molar-refractivity contribution in [2.45, 2.75) is 56.4 Å². The Bertz CT molecular complexity index is 1340. The number of hydroxylamine groups is 1. The van der Waals surface area contributed by atoms with Gasteiger partial charge in [-0.2, -0.15) is 0 Å². The Kier molecular flexibility index (Phi) is 7.80. The summed E-state index contributed by atoms with van der Waals surface area (Å²) in [5.41, 5.74) is 4.25. The number of rotatable bonds is 7. The molecule has 38 heavy (non-hydrogen) atoms. The number of halogens is 1. The van der Waals surface area contributed by atoms with Crippen molar-refractivity contribution in [2.75, 3.05) is 0 Å². The van der Waals surface area contributed by atoms with Gasteiger partial charge in [0.15, 0.2) is 0 Å². The first-order valence-corrected chi connectivity index (χ1v) is 13.6. The monoisotopic (exact) mass is 554 g/mol. The Labute approximate surface area is 228 Å². The second kappa shape index (κ2) is 11.2. The summed E-state index contributed by atoms with van der Waals surface area (Å²) in [5, 5.41) is 20.6. The Morgan fingerprint density at radius 2 is 1.79 bits per heavy atom. The van der Waals surface area contributed by atoms with Crippen LogP contribution in [0.1, 0.15) is 73.7 Å². The van der Waals surface area contributed by atoms with Crippen molar-refractivity contribution in [3.05, 3.63) is 92.1 Å². The molecule has 2 aliphatic rings. The molecule has 1 aliphatic heterocycles. The average molecular weight is 555 g/mol. The van der Waals surface area contributed by atoms with E-state index in [9.17, 15) is 19.5 Å². The Hall–Kier alpha value is -3.24. The molecule has 10 heteroatoms. The van der Waals surface area contributed by atoms with Crippen LogP contribution in [0.25, 0.3) is 0 Å². The summed E-state index contributed by atoms with van der Waals surface area (Å²) >= 11 is 7.23. The number of thiophene rings is 1. The SMILES string of the molecule is O=C(O)c1ccc(CONC(=O)[C@@H]2c3ccccc3C(=O)N([C@H]3CCCC[C@@H]3O)[C@H]2c2ccc(Cl)cc2)s1. The summed E-state index contributed by atoms with van der Waals surface area (Å²) in [6.45, 7) is -0.00630. The van der Waals surface area contributed by atoms with Crippen LogP contribution >= 0.6 is 22.9 Å². The maximum absolute atomic E-state index is 13.9. The van der Waals surface area contributed by atoms with E-state index >= 15 is 0 Å². The molecule has 2 heterocycles. The fraction of sp³-hybridized carbons (Fsp3) is 0.321. The summed E-state index contributed by atoms with van der Waals surface area (Å²) in [4.78, 5) is 46.9. The lowest BCUT2D eigenvalue weighted by molar-refractivity contribution is -0.138. The number of hydrogen-bond acceptors (Lipinski definition) is 6. The molecular weight excluding hydrogens is 528 g/mol. The lowest BCUT2D eigenvalue weighted by Gasteiger charge is -2.48. The molecule has 1 aliphatic carbocycles. The van der Waals surface area contributed by atoms with Crippen molar-refractivity contribution in [1.82, 2.24) is 10.4 Å². The molecule has 198 valence electrons. The van der Waals surface area contributed by atoms with Gasteiger partial charge in [-0.25, -0.2) is 10.3 Å². The summed E-state index contributed by atoms with van der Waals surface area (Å²) < 4.78 is 0. The van der Waals surface area contributed by atoms with E-state index in [1.807, 2.05) is 0 Å². The third kappa shape index (κ3) is 5.19. The van der Waals surface area contributed by atoms with Gasteiger partial charge in [-0.1, -0.05) is 54.8 Å². The predicted molar refractivity (Wildman–Crippen MR) is 142 cm³/mol. The van der Waals surface area contributed by atoms with Crippen LogP contribution in [0.4, 0.5) is 0 Å². The number of carboxylic acids is 1. The van der Waals surface area contributed by atoms with Gasteiger partial charge in [0.25, 0.3) is 11.8 Å². The Morgan fingerprint density at radius 1 is 1.05 bits per heavy atom. The normalized spacial score (nSPS) is 23.1. The maximum atomic E-state index is 13.9. The third-order valence-corrected chi connectivity index (χ3v) is 8.48. The largest absolute Gasteiger partial charge is 0.477 e. The Balaban J connectivity index is 1.50. The van der Waals surface area contributed by atoms with Gasteiger partial charge in [0, 0.05) is 15.5 Å². The minimum absolute atomic E-state index is 0.00630. The van der Waals surface area contributed by atoms with Gasteiger partial charge in [-0.05, 0) is 54.3 Å². The molecule has 1 saturated carbocycles. The molecule has 2 aromatic carbocycles. The molecule has 0 saturated heterocycles. The van der Waals surface area contributed by atoms with Crippen LogP contribution in [0.15, 0.2) is 60.7 Å². The number of carboxylic acid groups (broad SMARTS) is 1. The van der Waals surface area contributed by atoms with Crippen LogP contribution in [0.3, 0.4) is 0 Å². The molecule has 0 bridgehead atoms. The van der Waals surface area contributed by atoms with Crippen LogP contribution in [0, 0.1) is 0 Å². The lowest BCUT2D eigenvalue weighted by Crippen LogP contribution is -2.55. The highest BCUT2D eigenvalue weighted by Crippen LogP contribution is 2.46. The number of amides is 2. The van der Waals surface area contributed by atoms with Crippen LogP contribution in [-0.2, 0) is 16.2 Å². The standard InChI is InChI=1S/C28H27ClN2O6S/c29-17-11-9-16(10-12-17)25-24(26(33)30-37-15-18-13-14-23(38-18)28(35)36)19-5-1-2-6-20(19)27(34)31(25)21-7-3-4-8-22(21)32/h1-2,5-6,9-14,21-22,24-25,32H,3-4,7-8,15H2,(H,30,33)(H,35,36)/t21-,22-,24+,25-/m0/s1. The number of fused-ring (bicyclic) bond motifs is 1. The second-order valence-corrected chi connectivity index (χ2v) is 11.1. The number of nitrogens with zero attached hydrogens (tertiary/aromatic N) is 1. The van der Waals surface area contributed by atoms with E-state index in [2.05, 4.69) is 5.48 Å². The van der Waals surface area contributed by atoms with Crippen molar-refractivity contribution >= 4 is 40.7 Å². The predicted octanol–water partition coefficient (Wildman–Crippen LogP) is 4.93. The maximum Gasteiger partial charge on any atom is 0.345 e. The molecule has 0 spiro atoms. The zero-order valence-corrected chi connectivity index (χ0v) is 22.0. The molecule has 5 rings (SSSR count). The number of aliphatic hydroxyl groups excluding tert-OH is 1. The number of aromatic carboxylic acids is 1. The molecule has 1 fully saturated rings. The smallest absolute Gasteiger partial charge is 0.345 e. The highest BCUT2D eigenvalue weighted by Gasteiger charge is 2.48. The molecule has 3 aromatic rings. The molecule has 3 N–H and O–H groups in total. The first-order valence-electron chi connectivity index (χ1n) is 12.4.